The Labute approximate surface area is 151 Å². The smallest absolute Gasteiger partial charge is 0.235 e. The van der Waals surface area contributed by atoms with E-state index in [0.29, 0.717) is 24.0 Å². The van der Waals surface area contributed by atoms with Crippen molar-refractivity contribution in [2.75, 3.05) is 23.4 Å². The third-order valence-corrected chi connectivity index (χ3v) is 4.56. The minimum atomic E-state index is -0.205. The summed E-state index contributed by atoms with van der Waals surface area (Å²) in [5, 5.41) is 9.19. The van der Waals surface area contributed by atoms with Crippen LogP contribution in [0.15, 0.2) is 40.9 Å². The average molecular weight is 361 g/mol. The van der Waals surface area contributed by atoms with Crippen molar-refractivity contribution in [3.8, 4) is 0 Å². The van der Waals surface area contributed by atoms with E-state index in [1.165, 1.54) is 17.3 Å². The van der Waals surface area contributed by atoms with Gasteiger partial charge >= 0.3 is 0 Å². The highest BCUT2D eigenvalue weighted by molar-refractivity contribution is 8.00. The van der Waals surface area contributed by atoms with Crippen molar-refractivity contribution in [2.24, 2.45) is 0 Å². The van der Waals surface area contributed by atoms with E-state index in [4.69, 9.17) is 4.52 Å². The van der Waals surface area contributed by atoms with Gasteiger partial charge in [0.05, 0.1) is 11.5 Å². The van der Waals surface area contributed by atoms with Crippen LogP contribution in [-0.4, -0.2) is 35.0 Å². The number of amides is 2. The highest BCUT2D eigenvalue weighted by Gasteiger charge is 2.09. The van der Waals surface area contributed by atoms with Gasteiger partial charge in [0.2, 0.25) is 11.8 Å². The molecule has 1 aromatic heterocycles. The van der Waals surface area contributed by atoms with E-state index in [-0.39, 0.29) is 23.3 Å². The van der Waals surface area contributed by atoms with Gasteiger partial charge in [0.1, 0.15) is 5.76 Å². The number of nitrogens with zero attached hydrogens (tertiary/aromatic N) is 1. The molecule has 25 heavy (non-hydrogen) atoms. The van der Waals surface area contributed by atoms with Crippen LogP contribution in [0, 0.1) is 6.92 Å². The highest BCUT2D eigenvalue weighted by atomic mass is 32.2. The second-order valence-corrected chi connectivity index (χ2v) is 6.80. The molecule has 0 spiro atoms. The molecule has 1 heterocycles. The second kappa shape index (κ2) is 9.88. The van der Waals surface area contributed by atoms with E-state index >= 15 is 0 Å². The molecule has 0 aliphatic carbocycles. The van der Waals surface area contributed by atoms with Crippen LogP contribution >= 0.6 is 11.8 Å². The Kier molecular flexibility index (Phi) is 7.53. The number of nitrogens with one attached hydrogen (secondary N) is 2. The lowest BCUT2D eigenvalue weighted by molar-refractivity contribution is -0.118. The van der Waals surface area contributed by atoms with Gasteiger partial charge in [-0.05, 0) is 24.8 Å². The lowest BCUT2D eigenvalue weighted by atomic mass is 9.98. The van der Waals surface area contributed by atoms with Crippen molar-refractivity contribution >= 4 is 29.4 Å². The van der Waals surface area contributed by atoms with Gasteiger partial charge in [-0.2, -0.15) is 0 Å². The molecule has 0 saturated carbocycles. The van der Waals surface area contributed by atoms with E-state index in [9.17, 15) is 9.59 Å². The van der Waals surface area contributed by atoms with Gasteiger partial charge in [0.15, 0.2) is 5.82 Å². The van der Waals surface area contributed by atoms with Crippen LogP contribution < -0.4 is 10.6 Å². The summed E-state index contributed by atoms with van der Waals surface area (Å²) in [5.41, 5.74) is 1.27. The molecule has 2 aromatic rings. The topological polar surface area (TPSA) is 84.2 Å². The molecule has 0 saturated heterocycles. The van der Waals surface area contributed by atoms with Gasteiger partial charge in [0, 0.05) is 12.6 Å². The van der Waals surface area contributed by atoms with E-state index in [2.05, 4.69) is 34.8 Å². The van der Waals surface area contributed by atoms with Crippen LogP contribution in [0.3, 0.4) is 0 Å². The van der Waals surface area contributed by atoms with Gasteiger partial charge in [-0.25, -0.2) is 0 Å². The van der Waals surface area contributed by atoms with Crippen molar-refractivity contribution in [3.63, 3.8) is 0 Å². The Morgan fingerprint density at radius 3 is 2.60 bits per heavy atom. The summed E-state index contributed by atoms with van der Waals surface area (Å²) in [7, 11) is 0. The van der Waals surface area contributed by atoms with Crippen molar-refractivity contribution < 1.29 is 14.1 Å². The number of benzene rings is 1. The predicted molar refractivity (Wildman–Crippen MR) is 99.7 cm³/mol. The van der Waals surface area contributed by atoms with E-state index in [0.717, 1.165) is 6.42 Å². The Morgan fingerprint density at radius 1 is 1.20 bits per heavy atom. The molecule has 7 heteroatoms. The molecule has 1 aromatic carbocycles. The molecular weight excluding hydrogens is 338 g/mol. The quantitative estimate of drug-likeness (QED) is 0.717. The van der Waals surface area contributed by atoms with Crippen LogP contribution in [0.2, 0.25) is 0 Å². The molecule has 2 amide bonds. The van der Waals surface area contributed by atoms with Crippen LogP contribution in [0.1, 0.15) is 30.6 Å². The molecule has 0 aliphatic heterocycles. The molecule has 134 valence electrons. The predicted octanol–water partition coefficient (Wildman–Crippen LogP) is 2.96. The van der Waals surface area contributed by atoms with Gasteiger partial charge in [0.25, 0.3) is 0 Å². The maximum Gasteiger partial charge on any atom is 0.235 e. The fraction of sp³-hybridized carbons (Fsp3) is 0.389. The first-order valence-corrected chi connectivity index (χ1v) is 9.32. The fourth-order valence-electron chi connectivity index (χ4n) is 2.27. The molecule has 2 rings (SSSR count). The number of carbonyl (C=O) groups is 2. The van der Waals surface area contributed by atoms with Crippen molar-refractivity contribution in [3.05, 3.63) is 47.7 Å². The normalized spacial score (nSPS) is 11.8. The minimum Gasteiger partial charge on any atom is -0.360 e. The van der Waals surface area contributed by atoms with Gasteiger partial charge in [-0.3, -0.25) is 9.59 Å². The summed E-state index contributed by atoms with van der Waals surface area (Å²) in [6.45, 7) is 4.52. The van der Waals surface area contributed by atoms with Gasteiger partial charge in [-0.15, -0.1) is 11.8 Å². The average Bonchev–Trinajstić information content (AvgIpc) is 3.00. The summed E-state index contributed by atoms with van der Waals surface area (Å²) in [6, 6.07) is 11.9. The number of rotatable bonds is 9. The molecule has 0 fully saturated rings. The summed E-state index contributed by atoms with van der Waals surface area (Å²) < 4.78 is 4.87. The Hall–Kier alpha value is -2.28. The molecule has 0 aliphatic rings. The van der Waals surface area contributed by atoms with Crippen molar-refractivity contribution in [1.29, 1.82) is 0 Å². The van der Waals surface area contributed by atoms with Crippen LogP contribution in [0.25, 0.3) is 0 Å². The van der Waals surface area contributed by atoms with Gasteiger partial charge in [-0.1, -0.05) is 42.4 Å². The Morgan fingerprint density at radius 2 is 1.92 bits per heavy atom. The van der Waals surface area contributed by atoms with Crippen molar-refractivity contribution in [2.45, 2.75) is 26.2 Å². The molecular formula is C18H23N3O3S. The second-order valence-electron chi connectivity index (χ2n) is 5.81. The Bertz CT molecular complexity index is 688. The van der Waals surface area contributed by atoms with E-state index in [1.54, 1.807) is 13.0 Å². The number of anilines is 1. The summed E-state index contributed by atoms with van der Waals surface area (Å²) in [6.07, 6.45) is 0.881. The van der Waals surface area contributed by atoms with Crippen LogP contribution in [0.5, 0.6) is 0 Å². The molecule has 6 nitrogen and oxygen atoms in total. The van der Waals surface area contributed by atoms with Gasteiger partial charge < -0.3 is 15.2 Å². The summed E-state index contributed by atoms with van der Waals surface area (Å²) in [4.78, 5) is 23.5. The Balaban J connectivity index is 1.57. The zero-order valence-electron chi connectivity index (χ0n) is 14.5. The summed E-state index contributed by atoms with van der Waals surface area (Å²) >= 11 is 1.27. The summed E-state index contributed by atoms with van der Waals surface area (Å²) in [5.74, 6) is 1.60. The lowest BCUT2D eigenvalue weighted by Crippen LogP contribution is -2.27. The largest absolute Gasteiger partial charge is 0.360 e. The van der Waals surface area contributed by atoms with Crippen LogP contribution in [-0.2, 0) is 9.59 Å². The third-order valence-electron chi connectivity index (χ3n) is 3.63. The molecule has 1 atom stereocenters. The highest BCUT2D eigenvalue weighted by Crippen LogP contribution is 2.17. The van der Waals surface area contributed by atoms with Crippen LogP contribution in [0.4, 0.5) is 5.82 Å². The first kappa shape index (κ1) is 19.1. The van der Waals surface area contributed by atoms with E-state index < -0.39 is 0 Å². The third kappa shape index (κ3) is 7.01. The van der Waals surface area contributed by atoms with E-state index in [1.807, 2.05) is 18.2 Å². The molecule has 1 unspecified atom stereocenters. The zero-order chi connectivity index (χ0) is 18.1. The minimum absolute atomic E-state index is 0.0599. The maximum atomic E-state index is 11.8. The number of hydrogen-bond donors (Lipinski definition) is 2. The molecule has 2 N–H and O–H groups in total. The zero-order valence-corrected chi connectivity index (χ0v) is 15.3. The SMILES string of the molecule is Cc1cc(NC(=O)CSCC(=O)NCCC(C)c2ccccc2)no1. The maximum absolute atomic E-state index is 11.8. The number of aromatic nitrogens is 1. The van der Waals surface area contributed by atoms with Crippen molar-refractivity contribution in [1.82, 2.24) is 10.5 Å². The first-order valence-electron chi connectivity index (χ1n) is 8.17. The first-order chi connectivity index (χ1) is 12.0. The number of hydrogen-bond acceptors (Lipinski definition) is 5. The standard InChI is InChI=1S/C18H23N3O3S/c1-13(15-6-4-3-5-7-15)8-9-19-17(22)11-25-12-18(23)20-16-10-14(2)24-21-16/h3-7,10,13H,8-9,11-12H2,1-2H3,(H,19,22)(H,20,21,23). The number of carbonyl (C=O) groups excluding carboxylic acids is 2. The molecule has 0 radical (unpaired) electrons. The molecule has 0 bridgehead atoms. The lowest BCUT2D eigenvalue weighted by Gasteiger charge is -2.12. The number of thioether (sulfide) groups is 1. The monoisotopic (exact) mass is 361 g/mol. The fourth-order valence-corrected chi connectivity index (χ4v) is 2.92. The number of aryl methyl sites for hydroxylation is 1.